The van der Waals surface area contributed by atoms with Crippen LogP contribution >= 0.6 is 0 Å². The fraction of sp³-hybridized carbons (Fsp3) is 0.0566. The van der Waals surface area contributed by atoms with Crippen molar-refractivity contribution in [1.82, 2.24) is 14.4 Å². The first-order valence-electron chi connectivity index (χ1n) is 20.2. The quantitative estimate of drug-likeness (QED) is 0.0993. The Balaban J connectivity index is 1.16. The molecule has 280 valence electrons. The number of hydrogen-bond donors (Lipinski definition) is 0. The summed E-state index contributed by atoms with van der Waals surface area (Å²) in [5.41, 5.74) is 8.03. The van der Waals surface area contributed by atoms with Crippen molar-refractivity contribution in [2.75, 3.05) is 4.90 Å². The van der Waals surface area contributed by atoms with Gasteiger partial charge in [0.25, 0.3) is 0 Å². The van der Waals surface area contributed by atoms with Gasteiger partial charge >= 0.3 is 0 Å². The molecule has 5 nitrogen and oxygen atoms in total. The van der Waals surface area contributed by atoms with Gasteiger partial charge < -0.3 is 4.42 Å². The first-order chi connectivity index (χ1) is 29.0. The zero-order valence-electron chi connectivity index (χ0n) is 32.7. The molecule has 0 saturated heterocycles. The Bertz CT molecular complexity index is 3400. The van der Waals surface area contributed by atoms with Crippen LogP contribution in [0.1, 0.15) is 25.0 Å². The number of pyridine rings is 2. The summed E-state index contributed by atoms with van der Waals surface area (Å²) in [4.78, 5) is 12.5. The predicted octanol–water partition coefficient (Wildman–Crippen LogP) is 10.4. The van der Waals surface area contributed by atoms with E-state index in [1.54, 1.807) is 0 Å². The van der Waals surface area contributed by atoms with Gasteiger partial charge in [0.1, 0.15) is 22.6 Å². The highest BCUT2D eigenvalue weighted by Crippen LogP contribution is 2.54. The molecule has 0 saturated carbocycles. The van der Waals surface area contributed by atoms with E-state index in [0.29, 0.717) is 0 Å². The molecule has 0 bridgehead atoms. The van der Waals surface area contributed by atoms with Crippen LogP contribution in [0.15, 0.2) is 199 Å². The maximum absolute atomic E-state index is 6.78. The molecule has 6 heteroatoms. The van der Waals surface area contributed by atoms with Gasteiger partial charge in [-0.2, -0.15) is 0 Å². The Labute approximate surface area is 342 Å². The fourth-order valence-electron chi connectivity index (χ4n) is 10.2. The van der Waals surface area contributed by atoms with Crippen LogP contribution in [0.3, 0.4) is 0 Å². The standard InChI is InChI=1S/C53H38N4OSi/c1-53(2)45-23-14-30-54-52(45)57(47-29-28-43-42-22-10-12-25-48(42)58-50(43)49(47)53)35-15-13-20-38(33-35)59(36-16-5-3-6-17-36,37-18-7-4-8-19-37)39-26-27-40-41-21-9-11-24-46(41)56-32-31-55-51(56)44(40)34-39/h3-34H,1-2H3. The van der Waals surface area contributed by atoms with Gasteiger partial charge in [0.2, 0.25) is 0 Å². The molecule has 11 aromatic rings. The zero-order chi connectivity index (χ0) is 39.3. The normalized spacial score (nSPS) is 13.7. The summed E-state index contributed by atoms with van der Waals surface area (Å²) in [7, 11) is -3.03. The molecule has 0 radical (unpaired) electrons. The molecular weight excluding hydrogens is 737 g/mol. The molecular formula is C53H38N4OSi. The average Bonchev–Trinajstić information content (AvgIpc) is 3.94. The SMILES string of the molecule is CC1(C)c2cccnc2N(c2cccc([Si](c3ccccc3)(c3ccccc3)c3ccc4c5ccccc5n5ccnc5c4c3)c2)c2ccc3c(oc4ccccc43)c21. The molecule has 59 heavy (non-hydrogen) atoms. The van der Waals surface area contributed by atoms with Gasteiger partial charge in [-0.25, -0.2) is 9.97 Å². The van der Waals surface area contributed by atoms with E-state index < -0.39 is 8.07 Å². The Hall–Kier alpha value is -7.28. The second kappa shape index (κ2) is 12.6. The molecule has 0 atom stereocenters. The van der Waals surface area contributed by atoms with E-state index >= 15 is 0 Å². The van der Waals surface area contributed by atoms with Gasteiger partial charge in [-0.3, -0.25) is 9.30 Å². The number of fused-ring (bicyclic) bond motifs is 12. The molecule has 7 aromatic carbocycles. The number of anilines is 3. The number of imidazole rings is 1. The molecule has 0 N–H and O–H groups in total. The summed E-state index contributed by atoms with van der Waals surface area (Å²) >= 11 is 0. The lowest BCUT2D eigenvalue weighted by Gasteiger charge is -2.41. The van der Waals surface area contributed by atoms with Gasteiger partial charge in [-0.1, -0.05) is 147 Å². The smallest absolute Gasteiger partial charge is 0.179 e. The molecule has 0 fully saturated rings. The number of para-hydroxylation sites is 2. The lowest BCUT2D eigenvalue weighted by atomic mass is 9.74. The summed E-state index contributed by atoms with van der Waals surface area (Å²) in [6.45, 7) is 4.60. The summed E-state index contributed by atoms with van der Waals surface area (Å²) in [6.07, 6.45) is 5.91. The number of aromatic nitrogens is 3. The minimum Gasteiger partial charge on any atom is -0.456 e. The Morgan fingerprint density at radius 2 is 1.22 bits per heavy atom. The highest BCUT2D eigenvalue weighted by Gasteiger charge is 2.44. The van der Waals surface area contributed by atoms with Crippen molar-refractivity contribution >= 4 is 95.3 Å². The third kappa shape index (κ3) is 4.72. The van der Waals surface area contributed by atoms with Crippen molar-refractivity contribution in [2.45, 2.75) is 19.3 Å². The topological polar surface area (TPSA) is 46.6 Å². The van der Waals surface area contributed by atoms with Crippen LogP contribution in [0.2, 0.25) is 0 Å². The van der Waals surface area contributed by atoms with E-state index in [1.807, 2.05) is 18.5 Å². The summed E-state index contributed by atoms with van der Waals surface area (Å²) < 4.78 is 9.01. The number of benzene rings is 7. The Morgan fingerprint density at radius 3 is 2.03 bits per heavy atom. The van der Waals surface area contributed by atoms with E-state index in [2.05, 4.69) is 199 Å². The first-order valence-corrected chi connectivity index (χ1v) is 22.2. The van der Waals surface area contributed by atoms with Gasteiger partial charge in [0.05, 0.1) is 11.2 Å². The minimum atomic E-state index is -3.03. The summed E-state index contributed by atoms with van der Waals surface area (Å²) in [6, 6.07) is 64.5. The predicted molar refractivity (Wildman–Crippen MR) is 246 cm³/mol. The molecule has 0 aliphatic carbocycles. The van der Waals surface area contributed by atoms with Gasteiger partial charge in [-0.15, -0.1) is 0 Å². The Kier molecular flexibility index (Phi) is 7.23. The second-order valence-corrected chi connectivity index (χ2v) is 20.0. The van der Waals surface area contributed by atoms with Gasteiger partial charge in [0.15, 0.2) is 8.07 Å². The largest absolute Gasteiger partial charge is 0.456 e. The maximum Gasteiger partial charge on any atom is 0.179 e. The zero-order valence-corrected chi connectivity index (χ0v) is 33.7. The van der Waals surface area contributed by atoms with E-state index in [9.17, 15) is 0 Å². The molecule has 0 spiro atoms. The molecule has 12 rings (SSSR count). The van der Waals surface area contributed by atoms with Crippen LogP contribution in [0.25, 0.3) is 49.3 Å². The molecule has 0 amide bonds. The Morgan fingerprint density at radius 1 is 0.525 bits per heavy atom. The summed E-state index contributed by atoms with van der Waals surface area (Å²) in [5.74, 6) is 0.934. The minimum absolute atomic E-state index is 0.375. The lowest BCUT2D eigenvalue weighted by molar-refractivity contribution is 0.599. The van der Waals surface area contributed by atoms with Crippen molar-refractivity contribution < 1.29 is 4.42 Å². The maximum atomic E-state index is 6.78. The van der Waals surface area contributed by atoms with Gasteiger partial charge in [0, 0.05) is 62.4 Å². The highest BCUT2D eigenvalue weighted by atomic mass is 28.3. The lowest BCUT2D eigenvalue weighted by Crippen LogP contribution is -2.74. The van der Waals surface area contributed by atoms with Crippen LogP contribution in [-0.4, -0.2) is 22.4 Å². The van der Waals surface area contributed by atoms with Crippen LogP contribution in [0.4, 0.5) is 17.2 Å². The van der Waals surface area contributed by atoms with Crippen molar-refractivity contribution in [2.24, 2.45) is 0 Å². The van der Waals surface area contributed by atoms with Crippen molar-refractivity contribution in [1.29, 1.82) is 0 Å². The van der Waals surface area contributed by atoms with Crippen molar-refractivity contribution in [3.05, 3.63) is 206 Å². The second-order valence-electron chi connectivity index (χ2n) is 16.2. The van der Waals surface area contributed by atoms with Crippen molar-refractivity contribution in [3.8, 4) is 0 Å². The molecule has 0 unspecified atom stereocenters. The van der Waals surface area contributed by atoms with E-state index in [1.165, 1.54) is 31.5 Å². The number of hydrogen-bond acceptors (Lipinski definition) is 4. The van der Waals surface area contributed by atoms with Crippen LogP contribution < -0.4 is 25.6 Å². The molecule has 1 aliphatic heterocycles. The first kappa shape index (κ1) is 33.8. The molecule has 5 heterocycles. The highest BCUT2D eigenvalue weighted by molar-refractivity contribution is 7.20. The number of rotatable bonds is 5. The third-order valence-corrected chi connectivity index (χ3v) is 17.6. The average molecular weight is 775 g/mol. The fourth-order valence-corrected chi connectivity index (χ4v) is 15.0. The molecule has 1 aliphatic rings. The number of furan rings is 1. The van der Waals surface area contributed by atoms with Crippen molar-refractivity contribution in [3.63, 3.8) is 0 Å². The van der Waals surface area contributed by atoms with Gasteiger partial charge in [-0.05, 0) is 68.6 Å². The van der Waals surface area contributed by atoms with Crippen LogP contribution in [0.5, 0.6) is 0 Å². The summed E-state index contributed by atoms with van der Waals surface area (Å²) in [5, 5.41) is 11.0. The van der Waals surface area contributed by atoms with E-state index in [4.69, 9.17) is 14.4 Å². The third-order valence-electron chi connectivity index (χ3n) is 12.8. The number of nitrogens with zero attached hydrogens (tertiary/aromatic N) is 4. The van der Waals surface area contributed by atoms with Crippen LogP contribution in [-0.2, 0) is 5.41 Å². The molecule has 4 aromatic heterocycles. The van der Waals surface area contributed by atoms with Crippen LogP contribution in [0, 0.1) is 0 Å². The van der Waals surface area contributed by atoms with E-state index in [-0.39, 0.29) is 5.41 Å². The van der Waals surface area contributed by atoms with E-state index in [0.717, 1.165) is 66.8 Å². The monoisotopic (exact) mass is 774 g/mol.